The van der Waals surface area contributed by atoms with E-state index in [0.717, 1.165) is 0 Å². The normalized spacial score (nSPS) is 7.25. The fraction of sp³-hybridized carbons (Fsp3) is 0.750. The van der Waals surface area contributed by atoms with Gasteiger partial charge in [-0.05, 0) is 6.92 Å². The van der Waals surface area contributed by atoms with Crippen molar-refractivity contribution in [2.75, 3.05) is 11.0 Å². The molecule has 0 amide bonds. The Balaban J connectivity index is 0. The minimum atomic E-state index is -0.136. The van der Waals surface area contributed by atoms with Crippen LogP contribution in [0.5, 0.6) is 0 Å². The van der Waals surface area contributed by atoms with E-state index >= 15 is 0 Å². The molecule has 2 nitrogen and oxygen atoms in total. The van der Waals surface area contributed by atoms with Gasteiger partial charge in [-0.15, -0.1) is 0 Å². The Hall–Kier alpha value is 1.20. The van der Waals surface area contributed by atoms with Crippen LogP contribution in [0.1, 0.15) is 6.92 Å². The number of esters is 1. The molecule has 0 aromatic heterocycles. The van der Waals surface area contributed by atoms with E-state index in [-0.39, 0.29) is 35.5 Å². The van der Waals surface area contributed by atoms with E-state index < -0.39 is 0 Å². The molecule has 8 heavy (non-hydrogen) atoms. The van der Waals surface area contributed by atoms with Crippen LogP contribution in [0.15, 0.2) is 0 Å². The zero-order valence-corrected chi connectivity index (χ0v) is 6.27. The SMILES string of the molecule is CCOC(=O)CI.[NaH]. The van der Waals surface area contributed by atoms with Gasteiger partial charge in [-0.25, -0.2) is 0 Å². The Morgan fingerprint density at radius 2 is 2.25 bits per heavy atom. The molecule has 0 aromatic carbocycles. The molecule has 0 bridgehead atoms. The molecule has 0 radical (unpaired) electrons. The van der Waals surface area contributed by atoms with E-state index in [1.165, 1.54) is 0 Å². The number of alkyl halides is 1. The molecule has 0 saturated carbocycles. The molecule has 0 atom stereocenters. The van der Waals surface area contributed by atoms with Crippen molar-refractivity contribution < 1.29 is 9.53 Å². The molecule has 0 aliphatic carbocycles. The molecule has 0 aliphatic rings. The predicted molar refractivity (Wildman–Crippen MR) is 42.7 cm³/mol. The van der Waals surface area contributed by atoms with Crippen molar-refractivity contribution in [2.24, 2.45) is 0 Å². The van der Waals surface area contributed by atoms with E-state index in [2.05, 4.69) is 4.74 Å². The maximum absolute atomic E-state index is 10.2. The maximum atomic E-state index is 10.2. The molecule has 44 valence electrons. The molecule has 0 N–H and O–H groups in total. The average molecular weight is 238 g/mol. The first-order valence-electron chi connectivity index (χ1n) is 2.02. The number of carbonyl (C=O) groups excluding carboxylic acids is 1. The first-order valence-corrected chi connectivity index (χ1v) is 3.55. The first kappa shape index (κ1) is 11.9. The van der Waals surface area contributed by atoms with Crippen molar-refractivity contribution in [3.63, 3.8) is 0 Å². The third kappa shape index (κ3) is 7.20. The van der Waals surface area contributed by atoms with Crippen molar-refractivity contribution >= 4 is 58.1 Å². The summed E-state index contributed by atoms with van der Waals surface area (Å²) >= 11 is 1.96. The van der Waals surface area contributed by atoms with E-state index in [4.69, 9.17) is 0 Å². The number of hydrogen-bond acceptors (Lipinski definition) is 2. The first-order chi connectivity index (χ1) is 3.31. The second-order valence-corrected chi connectivity index (χ2v) is 1.70. The molecular formula is C4H8INaO2. The van der Waals surface area contributed by atoms with Gasteiger partial charge in [0.25, 0.3) is 0 Å². The van der Waals surface area contributed by atoms with Crippen molar-refractivity contribution in [2.45, 2.75) is 6.92 Å². The molecule has 0 saturated heterocycles. The Morgan fingerprint density at radius 3 is 2.38 bits per heavy atom. The molecule has 0 aliphatic heterocycles. The summed E-state index contributed by atoms with van der Waals surface area (Å²) in [7, 11) is 0. The van der Waals surface area contributed by atoms with Gasteiger partial charge in [-0.2, -0.15) is 0 Å². The monoisotopic (exact) mass is 238 g/mol. The van der Waals surface area contributed by atoms with Gasteiger partial charge in [0, 0.05) is 0 Å². The summed E-state index contributed by atoms with van der Waals surface area (Å²) in [6.07, 6.45) is 0. The molecule has 0 fully saturated rings. The summed E-state index contributed by atoms with van der Waals surface area (Å²) < 4.78 is 4.99. The van der Waals surface area contributed by atoms with Crippen molar-refractivity contribution in [1.82, 2.24) is 0 Å². The van der Waals surface area contributed by atoms with Gasteiger partial charge in [0.2, 0.25) is 0 Å². The van der Waals surface area contributed by atoms with Crippen LogP contribution in [-0.4, -0.2) is 46.6 Å². The number of rotatable bonds is 2. The quantitative estimate of drug-likeness (QED) is 0.300. The summed E-state index contributed by atoms with van der Waals surface area (Å²) in [6.45, 7) is 2.28. The number of hydrogen-bond donors (Lipinski definition) is 0. The van der Waals surface area contributed by atoms with Gasteiger partial charge in [0.15, 0.2) is 0 Å². The van der Waals surface area contributed by atoms with Crippen LogP contribution >= 0.6 is 22.6 Å². The Morgan fingerprint density at radius 1 is 1.75 bits per heavy atom. The summed E-state index contributed by atoms with van der Waals surface area (Å²) in [6, 6.07) is 0. The predicted octanol–water partition coefficient (Wildman–Crippen LogP) is 0.336. The second kappa shape index (κ2) is 8.20. The van der Waals surface area contributed by atoms with E-state index in [0.29, 0.717) is 11.0 Å². The van der Waals surface area contributed by atoms with Crippen LogP contribution in [-0.2, 0) is 9.53 Å². The van der Waals surface area contributed by atoms with Gasteiger partial charge in [0.1, 0.15) is 0 Å². The van der Waals surface area contributed by atoms with Crippen LogP contribution in [0, 0.1) is 0 Å². The molecule has 0 spiro atoms. The Bertz CT molecular complexity index is 67.1. The number of ether oxygens (including phenoxy) is 1. The van der Waals surface area contributed by atoms with E-state index in [1.54, 1.807) is 6.92 Å². The van der Waals surface area contributed by atoms with E-state index in [1.807, 2.05) is 22.6 Å². The second-order valence-electron chi connectivity index (χ2n) is 0.939. The summed E-state index contributed by atoms with van der Waals surface area (Å²) in [5, 5.41) is 0. The fourth-order valence-electron chi connectivity index (χ4n) is 0.200. The number of halogens is 1. The minimum absolute atomic E-state index is 0. The van der Waals surface area contributed by atoms with Crippen molar-refractivity contribution in [1.29, 1.82) is 0 Å². The van der Waals surface area contributed by atoms with Crippen molar-refractivity contribution in [3.8, 4) is 0 Å². The van der Waals surface area contributed by atoms with Gasteiger partial charge < -0.3 is 4.74 Å². The van der Waals surface area contributed by atoms with Crippen LogP contribution in [0.3, 0.4) is 0 Å². The summed E-state index contributed by atoms with van der Waals surface area (Å²) in [4.78, 5) is 10.2. The van der Waals surface area contributed by atoms with Crippen molar-refractivity contribution in [3.05, 3.63) is 0 Å². The molecule has 0 aromatic rings. The standard InChI is InChI=1S/C4H7IO2.Na.H/c1-2-7-4(6)3-5;;/h2-3H2,1H3;;. The van der Waals surface area contributed by atoms with Crippen LogP contribution in [0.2, 0.25) is 0 Å². The zero-order chi connectivity index (χ0) is 5.70. The molecule has 0 heterocycles. The molecule has 0 rings (SSSR count). The third-order valence-electron chi connectivity index (χ3n) is 0.414. The topological polar surface area (TPSA) is 26.3 Å². The van der Waals surface area contributed by atoms with Crippen LogP contribution in [0.4, 0.5) is 0 Å². The van der Waals surface area contributed by atoms with Gasteiger partial charge in [0.05, 0.1) is 11.0 Å². The van der Waals surface area contributed by atoms with Gasteiger partial charge in [-0.3, -0.25) is 4.79 Å². The zero-order valence-electron chi connectivity index (χ0n) is 4.11. The average Bonchev–Trinajstić information content (AvgIpc) is 1.68. The molecule has 0 unspecified atom stereocenters. The fourth-order valence-corrected chi connectivity index (χ4v) is 0.420. The van der Waals surface area contributed by atoms with E-state index in [9.17, 15) is 4.79 Å². The third-order valence-corrected chi connectivity index (χ3v) is 1.04. The van der Waals surface area contributed by atoms with Crippen LogP contribution < -0.4 is 0 Å². The van der Waals surface area contributed by atoms with Gasteiger partial charge >= 0.3 is 35.5 Å². The number of carbonyl (C=O) groups is 1. The summed E-state index contributed by atoms with van der Waals surface area (Å²) in [5.74, 6) is -0.136. The molecular weight excluding hydrogens is 230 g/mol. The Kier molecular flexibility index (Phi) is 12.2. The molecule has 4 heteroatoms. The summed E-state index contributed by atoms with van der Waals surface area (Å²) in [5.41, 5.74) is 0. The van der Waals surface area contributed by atoms with Crippen LogP contribution in [0.25, 0.3) is 0 Å². The Labute approximate surface area is 84.8 Å². The van der Waals surface area contributed by atoms with Gasteiger partial charge in [-0.1, -0.05) is 22.6 Å².